The fourth-order valence-corrected chi connectivity index (χ4v) is 3.43. The number of nitrogens with two attached hydrogens (primary N) is 3. The quantitative estimate of drug-likeness (QED) is 0.355. The maximum atomic E-state index is 6.04. The molecule has 1 fully saturated rings. The first kappa shape index (κ1) is 18.8. The summed E-state index contributed by atoms with van der Waals surface area (Å²) in [5.74, 6) is 1.24. The van der Waals surface area contributed by atoms with E-state index in [4.69, 9.17) is 22.2 Å². The number of aliphatic imine (C=N–C) groups is 1. The molecular formula is C21H24N8. The van der Waals surface area contributed by atoms with Crippen LogP contribution in [0.1, 0.15) is 12.8 Å². The maximum absolute atomic E-state index is 6.04. The first-order valence-electron chi connectivity index (χ1n) is 9.58. The van der Waals surface area contributed by atoms with Crippen molar-refractivity contribution in [3.8, 4) is 22.4 Å². The molecule has 0 radical (unpaired) electrons. The van der Waals surface area contributed by atoms with E-state index in [1.807, 2.05) is 42.6 Å². The van der Waals surface area contributed by atoms with Gasteiger partial charge in [0.25, 0.3) is 0 Å². The average Bonchev–Trinajstić information content (AvgIpc) is 2.75. The minimum atomic E-state index is 0.250. The largest absolute Gasteiger partial charge is 0.399 e. The van der Waals surface area contributed by atoms with Crippen molar-refractivity contribution < 1.29 is 0 Å². The zero-order chi connectivity index (χ0) is 20.2. The van der Waals surface area contributed by atoms with E-state index in [9.17, 15) is 0 Å². The number of aromatic nitrogens is 3. The number of nitrogens with zero attached hydrogens (tertiary/aromatic N) is 5. The third-order valence-corrected chi connectivity index (χ3v) is 5.05. The van der Waals surface area contributed by atoms with Crippen molar-refractivity contribution in [1.29, 1.82) is 0 Å². The summed E-state index contributed by atoms with van der Waals surface area (Å²) in [5.41, 5.74) is 21.6. The molecule has 0 atom stereocenters. The highest BCUT2D eigenvalue weighted by molar-refractivity contribution is 5.82. The lowest BCUT2D eigenvalue weighted by atomic mass is 10.0. The molecule has 2 aromatic heterocycles. The van der Waals surface area contributed by atoms with Gasteiger partial charge in [-0.3, -0.25) is 0 Å². The molecule has 3 aromatic rings. The third-order valence-electron chi connectivity index (χ3n) is 5.05. The molecule has 1 saturated heterocycles. The molecule has 3 heterocycles. The van der Waals surface area contributed by atoms with E-state index >= 15 is 0 Å². The lowest BCUT2D eigenvalue weighted by Crippen LogP contribution is -2.40. The van der Waals surface area contributed by atoms with Gasteiger partial charge in [-0.15, -0.1) is 0 Å². The second kappa shape index (κ2) is 8.24. The molecule has 0 bridgehead atoms. The molecule has 8 heteroatoms. The van der Waals surface area contributed by atoms with E-state index < -0.39 is 0 Å². The molecule has 29 heavy (non-hydrogen) atoms. The van der Waals surface area contributed by atoms with Gasteiger partial charge in [0.2, 0.25) is 5.95 Å². The van der Waals surface area contributed by atoms with Gasteiger partial charge in [0, 0.05) is 48.3 Å². The summed E-state index contributed by atoms with van der Waals surface area (Å²) in [6.45, 7) is 1.71. The highest BCUT2D eigenvalue weighted by Crippen LogP contribution is 2.33. The van der Waals surface area contributed by atoms with Crippen molar-refractivity contribution in [2.45, 2.75) is 18.9 Å². The highest BCUT2D eigenvalue weighted by atomic mass is 15.3. The number of hydrogen-bond acceptors (Lipinski definition) is 7. The van der Waals surface area contributed by atoms with E-state index in [-0.39, 0.29) is 6.04 Å². The summed E-state index contributed by atoms with van der Waals surface area (Å²) in [5, 5.41) is 0. The molecule has 0 spiro atoms. The Morgan fingerprint density at radius 2 is 1.79 bits per heavy atom. The van der Waals surface area contributed by atoms with Crippen molar-refractivity contribution in [3.63, 3.8) is 0 Å². The Morgan fingerprint density at radius 3 is 2.52 bits per heavy atom. The average molecular weight is 388 g/mol. The molecule has 0 amide bonds. The fourth-order valence-electron chi connectivity index (χ4n) is 3.43. The van der Waals surface area contributed by atoms with Gasteiger partial charge < -0.3 is 22.1 Å². The predicted molar refractivity (Wildman–Crippen MR) is 117 cm³/mol. The van der Waals surface area contributed by atoms with E-state index in [0.717, 1.165) is 48.3 Å². The number of nitrogen functional groups attached to an aromatic ring is 1. The van der Waals surface area contributed by atoms with Crippen LogP contribution >= 0.6 is 0 Å². The van der Waals surface area contributed by atoms with Gasteiger partial charge in [-0.2, -0.15) is 0 Å². The molecular weight excluding hydrogens is 364 g/mol. The number of piperidine rings is 1. The predicted octanol–water partition coefficient (Wildman–Crippen LogP) is 2.33. The Labute approximate surface area is 169 Å². The van der Waals surface area contributed by atoms with E-state index in [2.05, 4.69) is 19.9 Å². The van der Waals surface area contributed by atoms with Crippen LogP contribution in [0.15, 0.2) is 53.8 Å². The normalized spacial score (nSPS) is 15.1. The SMILES string of the molecule is NC=Nc1cc(-c2cnc(N3CCC(N)CC3)nc2-c2ccc(N)cc2)ccn1. The Bertz CT molecular complexity index is 1010. The molecule has 148 valence electrons. The van der Waals surface area contributed by atoms with Crippen molar-refractivity contribution in [1.82, 2.24) is 15.0 Å². The minimum Gasteiger partial charge on any atom is -0.399 e. The van der Waals surface area contributed by atoms with Crippen LogP contribution in [-0.4, -0.2) is 40.4 Å². The summed E-state index contributed by atoms with van der Waals surface area (Å²) in [6.07, 6.45) is 6.66. The van der Waals surface area contributed by atoms with Gasteiger partial charge in [-0.25, -0.2) is 19.9 Å². The van der Waals surface area contributed by atoms with Crippen molar-refractivity contribution >= 4 is 23.8 Å². The monoisotopic (exact) mass is 388 g/mol. The summed E-state index contributed by atoms with van der Waals surface area (Å²) < 4.78 is 0. The summed E-state index contributed by atoms with van der Waals surface area (Å²) >= 11 is 0. The van der Waals surface area contributed by atoms with Crippen LogP contribution in [0.3, 0.4) is 0 Å². The summed E-state index contributed by atoms with van der Waals surface area (Å²) in [4.78, 5) is 20.0. The Morgan fingerprint density at radius 1 is 1.03 bits per heavy atom. The second-order valence-electron chi connectivity index (χ2n) is 7.06. The molecule has 0 saturated carbocycles. The van der Waals surface area contributed by atoms with Gasteiger partial charge in [-0.05, 0) is 42.7 Å². The van der Waals surface area contributed by atoms with Gasteiger partial charge >= 0.3 is 0 Å². The molecule has 4 rings (SSSR count). The van der Waals surface area contributed by atoms with Crippen LogP contribution < -0.4 is 22.1 Å². The Balaban J connectivity index is 1.80. The van der Waals surface area contributed by atoms with Crippen LogP contribution in [-0.2, 0) is 0 Å². The van der Waals surface area contributed by atoms with Crippen LogP contribution in [0.2, 0.25) is 0 Å². The van der Waals surface area contributed by atoms with Crippen molar-refractivity contribution in [3.05, 3.63) is 48.8 Å². The lowest BCUT2D eigenvalue weighted by Gasteiger charge is -2.30. The number of pyridine rings is 1. The van der Waals surface area contributed by atoms with Gasteiger partial charge in [0.05, 0.1) is 12.0 Å². The highest BCUT2D eigenvalue weighted by Gasteiger charge is 2.20. The van der Waals surface area contributed by atoms with Crippen LogP contribution in [0.25, 0.3) is 22.4 Å². The molecule has 1 aromatic carbocycles. The van der Waals surface area contributed by atoms with Gasteiger partial charge in [0.1, 0.15) is 0 Å². The van der Waals surface area contributed by atoms with E-state index in [0.29, 0.717) is 17.5 Å². The molecule has 8 nitrogen and oxygen atoms in total. The van der Waals surface area contributed by atoms with Crippen LogP contribution in [0.5, 0.6) is 0 Å². The third kappa shape index (κ3) is 4.17. The zero-order valence-corrected chi connectivity index (χ0v) is 16.1. The number of anilines is 2. The van der Waals surface area contributed by atoms with Gasteiger partial charge in [-0.1, -0.05) is 12.1 Å². The molecule has 0 unspecified atom stereocenters. The summed E-state index contributed by atoms with van der Waals surface area (Å²) in [6, 6.07) is 11.7. The first-order chi connectivity index (χ1) is 14.1. The first-order valence-corrected chi connectivity index (χ1v) is 9.58. The summed E-state index contributed by atoms with van der Waals surface area (Å²) in [7, 11) is 0. The number of rotatable bonds is 4. The topological polar surface area (TPSA) is 132 Å². The standard InChI is InChI=1S/C21H24N8/c22-13-27-19-11-15(5-8-25-19)18-12-26-21(29-9-6-17(24)7-10-29)28-20(18)14-1-3-16(23)4-2-14/h1-5,8,11-13,17H,6-7,9-10,23-24H2,(H2,22,25,27). The smallest absolute Gasteiger partial charge is 0.225 e. The second-order valence-corrected chi connectivity index (χ2v) is 7.06. The molecule has 0 aliphatic carbocycles. The zero-order valence-electron chi connectivity index (χ0n) is 16.1. The lowest BCUT2D eigenvalue weighted by molar-refractivity contribution is 0.495. The molecule has 1 aliphatic heterocycles. The fraction of sp³-hybridized carbons (Fsp3) is 0.238. The van der Waals surface area contributed by atoms with Crippen LogP contribution in [0.4, 0.5) is 17.5 Å². The minimum absolute atomic E-state index is 0.250. The van der Waals surface area contributed by atoms with E-state index in [1.54, 1.807) is 6.20 Å². The van der Waals surface area contributed by atoms with E-state index in [1.165, 1.54) is 6.34 Å². The molecule has 1 aliphatic rings. The van der Waals surface area contributed by atoms with Crippen molar-refractivity contribution in [2.24, 2.45) is 16.5 Å². The Kier molecular flexibility index (Phi) is 5.35. The number of benzene rings is 1. The Hall–Kier alpha value is -3.52. The van der Waals surface area contributed by atoms with Crippen molar-refractivity contribution in [2.75, 3.05) is 23.7 Å². The maximum Gasteiger partial charge on any atom is 0.225 e. The number of hydrogen-bond donors (Lipinski definition) is 3. The molecule has 6 N–H and O–H groups in total. The van der Waals surface area contributed by atoms with Crippen LogP contribution in [0, 0.1) is 0 Å². The van der Waals surface area contributed by atoms with Gasteiger partial charge in [0.15, 0.2) is 5.82 Å².